The van der Waals surface area contributed by atoms with E-state index in [-0.39, 0.29) is 24.0 Å². The second kappa shape index (κ2) is 9.38. The molecule has 1 aromatic heterocycles. The number of ether oxygens (including phenoxy) is 1. The van der Waals surface area contributed by atoms with Crippen molar-refractivity contribution in [1.82, 2.24) is 9.80 Å². The highest BCUT2D eigenvalue weighted by Crippen LogP contribution is 2.25. The molecule has 7 nitrogen and oxygen atoms in total. The van der Waals surface area contributed by atoms with Crippen LogP contribution >= 0.6 is 11.3 Å². The van der Waals surface area contributed by atoms with Gasteiger partial charge in [0.15, 0.2) is 0 Å². The topological polar surface area (TPSA) is 79.0 Å². The standard InChI is InChI=1S/C20H20F3N3O4S/c1-25(12-17(27)24-13-6-8-14(9-7-13)30-20(21,22)23)18(28)15-4-2-10-26(15)19(29)16-5-3-11-31-16/h3,5-9,11,15H,2,4,10,12H2,1H3,(H,24,27)/t15-/m0/s1. The van der Waals surface area contributed by atoms with Gasteiger partial charge in [-0.2, -0.15) is 0 Å². The molecule has 1 saturated heterocycles. The van der Waals surface area contributed by atoms with Gasteiger partial charge >= 0.3 is 6.36 Å². The molecule has 31 heavy (non-hydrogen) atoms. The number of amides is 3. The Kier molecular flexibility index (Phi) is 6.84. The lowest BCUT2D eigenvalue weighted by Crippen LogP contribution is -2.48. The molecule has 0 radical (unpaired) electrons. The summed E-state index contributed by atoms with van der Waals surface area (Å²) in [5, 5.41) is 4.31. The van der Waals surface area contributed by atoms with E-state index in [0.717, 1.165) is 12.1 Å². The fourth-order valence-corrected chi connectivity index (χ4v) is 3.98. The van der Waals surface area contributed by atoms with Gasteiger partial charge in [0.2, 0.25) is 11.8 Å². The number of carbonyl (C=O) groups excluding carboxylic acids is 3. The maximum Gasteiger partial charge on any atom is 0.573 e. The molecule has 0 aliphatic carbocycles. The van der Waals surface area contributed by atoms with E-state index in [1.807, 2.05) is 0 Å². The van der Waals surface area contributed by atoms with Gasteiger partial charge < -0.3 is 19.9 Å². The number of nitrogens with one attached hydrogen (secondary N) is 1. The highest BCUT2D eigenvalue weighted by Gasteiger charge is 2.36. The second-order valence-electron chi connectivity index (χ2n) is 6.95. The van der Waals surface area contributed by atoms with E-state index < -0.39 is 24.1 Å². The van der Waals surface area contributed by atoms with E-state index in [2.05, 4.69) is 10.1 Å². The molecule has 2 heterocycles. The zero-order chi connectivity index (χ0) is 22.6. The van der Waals surface area contributed by atoms with E-state index in [4.69, 9.17) is 0 Å². The summed E-state index contributed by atoms with van der Waals surface area (Å²) in [5.41, 5.74) is 0.260. The average molecular weight is 455 g/mol. The van der Waals surface area contributed by atoms with Crippen molar-refractivity contribution in [2.45, 2.75) is 25.2 Å². The van der Waals surface area contributed by atoms with E-state index >= 15 is 0 Å². The first-order valence-electron chi connectivity index (χ1n) is 9.39. The Bertz CT molecular complexity index is 932. The first-order chi connectivity index (χ1) is 14.6. The minimum atomic E-state index is -4.80. The van der Waals surface area contributed by atoms with Crippen LogP contribution in [0.3, 0.4) is 0 Å². The third kappa shape index (κ3) is 5.97. The van der Waals surface area contributed by atoms with Crippen LogP contribution in [-0.4, -0.2) is 60.1 Å². The fraction of sp³-hybridized carbons (Fsp3) is 0.350. The minimum Gasteiger partial charge on any atom is -0.406 e. The highest BCUT2D eigenvalue weighted by molar-refractivity contribution is 7.12. The Morgan fingerprint density at radius 1 is 1.23 bits per heavy atom. The quantitative estimate of drug-likeness (QED) is 0.725. The van der Waals surface area contributed by atoms with Crippen LogP contribution in [0.2, 0.25) is 0 Å². The summed E-state index contributed by atoms with van der Waals surface area (Å²) in [6.45, 7) is 0.205. The molecule has 166 valence electrons. The molecular weight excluding hydrogens is 435 g/mol. The van der Waals surface area contributed by atoms with E-state index in [1.165, 1.54) is 40.3 Å². The zero-order valence-electron chi connectivity index (χ0n) is 16.5. The van der Waals surface area contributed by atoms with Gasteiger partial charge in [-0.25, -0.2) is 0 Å². The Balaban J connectivity index is 1.55. The number of hydrogen-bond acceptors (Lipinski definition) is 5. The largest absolute Gasteiger partial charge is 0.573 e. The summed E-state index contributed by atoms with van der Waals surface area (Å²) in [6.07, 6.45) is -3.59. The predicted molar refractivity (Wildman–Crippen MR) is 108 cm³/mol. The first-order valence-corrected chi connectivity index (χ1v) is 10.3. The van der Waals surface area contributed by atoms with E-state index in [1.54, 1.807) is 17.5 Å². The molecule has 1 N–H and O–H groups in total. The van der Waals surface area contributed by atoms with Crippen LogP contribution in [0.5, 0.6) is 5.75 Å². The van der Waals surface area contributed by atoms with Crippen LogP contribution in [0.1, 0.15) is 22.5 Å². The van der Waals surface area contributed by atoms with Crippen molar-refractivity contribution >= 4 is 34.7 Å². The Morgan fingerprint density at radius 3 is 2.55 bits per heavy atom. The molecule has 1 aromatic carbocycles. The van der Waals surface area contributed by atoms with Gasteiger partial charge in [-0.1, -0.05) is 6.07 Å². The summed E-state index contributed by atoms with van der Waals surface area (Å²) in [5.74, 6) is -1.47. The minimum absolute atomic E-state index is 0.204. The van der Waals surface area contributed by atoms with Gasteiger partial charge in [-0.05, 0) is 48.6 Å². The van der Waals surface area contributed by atoms with Gasteiger partial charge in [-0.3, -0.25) is 14.4 Å². The number of hydrogen-bond donors (Lipinski definition) is 1. The normalized spacial score (nSPS) is 16.1. The van der Waals surface area contributed by atoms with Gasteiger partial charge in [-0.15, -0.1) is 24.5 Å². The molecule has 1 aliphatic heterocycles. The van der Waals surface area contributed by atoms with Crippen LogP contribution in [0.4, 0.5) is 18.9 Å². The van der Waals surface area contributed by atoms with Crippen LogP contribution in [0.15, 0.2) is 41.8 Å². The Labute approximate surface area is 180 Å². The van der Waals surface area contributed by atoms with Crippen LogP contribution in [0.25, 0.3) is 0 Å². The molecule has 0 saturated carbocycles. The van der Waals surface area contributed by atoms with E-state index in [9.17, 15) is 27.6 Å². The molecule has 11 heteroatoms. The third-order valence-electron chi connectivity index (χ3n) is 4.66. The number of likely N-dealkylation sites (tertiary alicyclic amines) is 1. The summed E-state index contributed by atoms with van der Waals surface area (Å²) >= 11 is 1.30. The third-order valence-corrected chi connectivity index (χ3v) is 5.52. The zero-order valence-corrected chi connectivity index (χ0v) is 17.3. The molecule has 1 atom stereocenters. The second-order valence-corrected chi connectivity index (χ2v) is 7.90. The van der Waals surface area contributed by atoms with E-state index in [0.29, 0.717) is 24.3 Å². The van der Waals surface area contributed by atoms with Crippen molar-refractivity contribution < 1.29 is 32.3 Å². The molecule has 0 spiro atoms. The van der Waals surface area contributed by atoms with Crippen molar-refractivity contribution in [2.24, 2.45) is 0 Å². The first kappa shape index (κ1) is 22.6. The molecule has 2 aromatic rings. The number of benzene rings is 1. The molecular formula is C20H20F3N3O4S. The van der Waals surface area contributed by atoms with Gasteiger partial charge in [0.1, 0.15) is 11.8 Å². The number of anilines is 1. The molecule has 1 fully saturated rings. The summed E-state index contributed by atoms with van der Waals surface area (Å²) in [7, 11) is 1.47. The number of halogens is 3. The lowest BCUT2D eigenvalue weighted by Gasteiger charge is -2.27. The molecule has 1 aliphatic rings. The number of carbonyl (C=O) groups is 3. The number of likely N-dealkylation sites (N-methyl/N-ethyl adjacent to an activating group) is 1. The number of thiophene rings is 1. The number of alkyl halides is 3. The van der Waals surface area contributed by atoms with Crippen LogP contribution in [0, 0.1) is 0 Å². The van der Waals surface area contributed by atoms with Crippen molar-refractivity contribution in [1.29, 1.82) is 0 Å². The maximum absolute atomic E-state index is 12.8. The van der Waals surface area contributed by atoms with Crippen molar-refractivity contribution in [3.8, 4) is 5.75 Å². The number of rotatable bonds is 6. The lowest BCUT2D eigenvalue weighted by molar-refractivity contribution is -0.274. The van der Waals surface area contributed by atoms with Crippen molar-refractivity contribution in [3.05, 3.63) is 46.7 Å². The highest BCUT2D eigenvalue weighted by atomic mass is 32.1. The molecule has 3 rings (SSSR count). The fourth-order valence-electron chi connectivity index (χ4n) is 3.30. The van der Waals surface area contributed by atoms with Gasteiger partial charge in [0.05, 0.1) is 11.4 Å². The SMILES string of the molecule is CN(CC(=O)Nc1ccc(OC(F)(F)F)cc1)C(=O)[C@@H]1CCCN1C(=O)c1cccs1. The monoisotopic (exact) mass is 455 g/mol. The van der Waals surface area contributed by atoms with Crippen LogP contribution < -0.4 is 10.1 Å². The Morgan fingerprint density at radius 2 is 1.94 bits per heavy atom. The van der Waals surface area contributed by atoms with Crippen LogP contribution in [-0.2, 0) is 9.59 Å². The van der Waals surface area contributed by atoms with Gasteiger partial charge in [0.25, 0.3) is 5.91 Å². The predicted octanol–water partition coefficient (Wildman–Crippen LogP) is 3.35. The maximum atomic E-state index is 12.8. The van der Waals surface area contributed by atoms with Crippen molar-refractivity contribution in [2.75, 3.05) is 25.5 Å². The summed E-state index contributed by atoms with van der Waals surface area (Å²) in [6, 6.07) is 7.51. The average Bonchev–Trinajstić information content (AvgIpc) is 3.39. The molecule has 0 bridgehead atoms. The Hall–Kier alpha value is -3.08. The van der Waals surface area contributed by atoms with Gasteiger partial charge in [0, 0.05) is 19.3 Å². The lowest BCUT2D eigenvalue weighted by atomic mass is 10.2. The van der Waals surface area contributed by atoms with Crippen molar-refractivity contribution in [3.63, 3.8) is 0 Å². The molecule has 0 unspecified atom stereocenters. The number of nitrogens with zero attached hydrogens (tertiary/aromatic N) is 2. The molecule has 3 amide bonds. The summed E-state index contributed by atoms with van der Waals surface area (Å²) in [4.78, 5) is 41.0. The smallest absolute Gasteiger partial charge is 0.406 e. The summed E-state index contributed by atoms with van der Waals surface area (Å²) < 4.78 is 40.4.